The number of benzene rings is 2. The molecule has 0 bridgehead atoms. The highest BCUT2D eigenvalue weighted by atomic mass is 16.6. The average Bonchev–Trinajstić information content (AvgIpc) is 2.65. The number of methoxy groups -OCH3 is 1. The molecule has 144 valence electrons. The van der Waals surface area contributed by atoms with Crippen LogP contribution in [-0.2, 0) is 9.53 Å². The summed E-state index contributed by atoms with van der Waals surface area (Å²) in [6, 6.07) is 11.2. The van der Waals surface area contributed by atoms with Gasteiger partial charge in [0.15, 0.2) is 6.61 Å². The van der Waals surface area contributed by atoms with E-state index in [1.165, 1.54) is 12.7 Å². The zero-order valence-electron chi connectivity index (χ0n) is 16.1. The number of ether oxygens (including phenoxy) is 3. The Labute approximate surface area is 159 Å². The first-order valence-electron chi connectivity index (χ1n) is 8.69. The third-order valence-electron chi connectivity index (χ3n) is 3.96. The maximum atomic E-state index is 12.3. The molecule has 0 atom stereocenters. The van der Waals surface area contributed by atoms with Crippen LogP contribution in [0.15, 0.2) is 36.4 Å². The number of hydrogen-bond acceptors (Lipinski definition) is 5. The second-order valence-electron chi connectivity index (χ2n) is 6.22. The van der Waals surface area contributed by atoms with Crippen molar-refractivity contribution in [3.05, 3.63) is 58.7 Å². The zero-order valence-corrected chi connectivity index (χ0v) is 16.1. The van der Waals surface area contributed by atoms with Gasteiger partial charge in [0, 0.05) is 5.56 Å². The van der Waals surface area contributed by atoms with Crippen molar-refractivity contribution < 1.29 is 23.8 Å². The van der Waals surface area contributed by atoms with Crippen LogP contribution in [0.1, 0.15) is 27.0 Å². The van der Waals surface area contributed by atoms with Crippen LogP contribution in [0.3, 0.4) is 0 Å². The van der Waals surface area contributed by atoms with Gasteiger partial charge in [0.25, 0.3) is 5.91 Å². The zero-order chi connectivity index (χ0) is 19.8. The molecule has 0 fully saturated rings. The van der Waals surface area contributed by atoms with Crippen LogP contribution in [0, 0.1) is 20.8 Å². The van der Waals surface area contributed by atoms with Gasteiger partial charge in [0.1, 0.15) is 18.1 Å². The number of esters is 1. The molecular weight excluding hydrogens is 346 g/mol. The highest BCUT2D eigenvalue weighted by Crippen LogP contribution is 2.25. The molecule has 2 aromatic carbocycles. The fourth-order valence-electron chi connectivity index (χ4n) is 2.57. The van der Waals surface area contributed by atoms with E-state index >= 15 is 0 Å². The van der Waals surface area contributed by atoms with E-state index in [2.05, 4.69) is 10.1 Å². The Hall–Kier alpha value is -3.02. The van der Waals surface area contributed by atoms with Gasteiger partial charge in [-0.3, -0.25) is 4.79 Å². The van der Waals surface area contributed by atoms with E-state index < -0.39 is 5.97 Å². The van der Waals surface area contributed by atoms with Crippen molar-refractivity contribution in [3.8, 4) is 11.5 Å². The van der Waals surface area contributed by atoms with E-state index in [0.717, 1.165) is 16.9 Å². The molecule has 27 heavy (non-hydrogen) atoms. The SMILES string of the molecule is COC(=O)COc1c(C)cc(C(=O)NCCOc2ccc(C)cc2)cc1C. The standard InChI is InChI=1S/C21H25NO5/c1-14-5-7-18(8-6-14)26-10-9-22-21(24)17-11-15(2)20(16(3)12-17)27-13-19(23)25-4/h5-8,11-12H,9-10,13H2,1-4H3,(H,22,24). The molecule has 0 heterocycles. The Morgan fingerprint density at radius 3 is 2.19 bits per heavy atom. The molecule has 0 unspecified atom stereocenters. The first-order valence-corrected chi connectivity index (χ1v) is 8.69. The van der Waals surface area contributed by atoms with E-state index in [9.17, 15) is 9.59 Å². The van der Waals surface area contributed by atoms with Gasteiger partial charge in [-0.25, -0.2) is 4.79 Å². The van der Waals surface area contributed by atoms with E-state index in [1.807, 2.05) is 45.0 Å². The summed E-state index contributed by atoms with van der Waals surface area (Å²) in [5.41, 5.74) is 3.26. The molecular formula is C21H25NO5. The van der Waals surface area contributed by atoms with Gasteiger partial charge in [-0.2, -0.15) is 0 Å². The Morgan fingerprint density at radius 1 is 0.963 bits per heavy atom. The van der Waals surface area contributed by atoms with Gasteiger partial charge >= 0.3 is 5.97 Å². The molecule has 2 rings (SSSR count). The smallest absolute Gasteiger partial charge is 0.343 e. The van der Waals surface area contributed by atoms with Crippen LogP contribution in [-0.4, -0.2) is 38.7 Å². The highest BCUT2D eigenvalue weighted by molar-refractivity contribution is 5.94. The number of carbonyl (C=O) groups is 2. The van der Waals surface area contributed by atoms with Crippen molar-refractivity contribution in [2.45, 2.75) is 20.8 Å². The molecule has 2 aromatic rings. The fraction of sp³-hybridized carbons (Fsp3) is 0.333. The van der Waals surface area contributed by atoms with Crippen LogP contribution < -0.4 is 14.8 Å². The monoisotopic (exact) mass is 371 g/mol. The lowest BCUT2D eigenvalue weighted by Crippen LogP contribution is -2.28. The largest absolute Gasteiger partial charge is 0.492 e. The summed E-state index contributed by atoms with van der Waals surface area (Å²) in [5, 5.41) is 2.83. The molecule has 0 aliphatic heterocycles. The molecule has 0 aliphatic carbocycles. The van der Waals surface area contributed by atoms with E-state index in [4.69, 9.17) is 9.47 Å². The maximum absolute atomic E-state index is 12.3. The number of carbonyl (C=O) groups excluding carboxylic acids is 2. The van der Waals surface area contributed by atoms with Crippen molar-refractivity contribution >= 4 is 11.9 Å². The minimum Gasteiger partial charge on any atom is -0.492 e. The second kappa shape index (κ2) is 9.62. The normalized spacial score (nSPS) is 10.2. The van der Waals surface area contributed by atoms with Gasteiger partial charge in [-0.1, -0.05) is 17.7 Å². The van der Waals surface area contributed by atoms with Gasteiger partial charge in [0.05, 0.1) is 13.7 Å². The van der Waals surface area contributed by atoms with Crippen LogP contribution >= 0.6 is 0 Å². The molecule has 0 radical (unpaired) electrons. The molecule has 6 nitrogen and oxygen atoms in total. The lowest BCUT2D eigenvalue weighted by molar-refractivity contribution is -0.142. The Kier molecular flexibility index (Phi) is 7.23. The first-order chi connectivity index (χ1) is 12.9. The number of rotatable bonds is 8. The lowest BCUT2D eigenvalue weighted by Gasteiger charge is -2.13. The van der Waals surface area contributed by atoms with Crippen molar-refractivity contribution in [3.63, 3.8) is 0 Å². The average molecular weight is 371 g/mol. The molecule has 6 heteroatoms. The van der Waals surface area contributed by atoms with Crippen LogP contribution in [0.2, 0.25) is 0 Å². The molecule has 0 aliphatic rings. The van der Waals surface area contributed by atoms with Crippen molar-refractivity contribution in [1.29, 1.82) is 0 Å². The number of hydrogen-bond donors (Lipinski definition) is 1. The summed E-state index contributed by atoms with van der Waals surface area (Å²) in [5.74, 6) is 0.714. The number of aryl methyl sites for hydroxylation is 3. The second-order valence-corrected chi connectivity index (χ2v) is 6.22. The van der Waals surface area contributed by atoms with E-state index in [-0.39, 0.29) is 12.5 Å². The summed E-state index contributed by atoms with van der Waals surface area (Å²) in [6.07, 6.45) is 0. The van der Waals surface area contributed by atoms with Crippen molar-refractivity contribution in [1.82, 2.24) is 5.32 Å². The van der Waals surface area contributed by atoms with Gasteiger partial charge in [-0.15, -0.1) is 0 Å². The summed E-state index contributed by atoms with van der Waals surface area (Å²) < 4.78 is 15.7. The van der Waals surface area contributed by atoms with Crippen LogP contribution in [0.4, 0.5) is 0 Å². The topological polar surface area (TPSA) is 73.9 Å². The molecule has 1 amide bonds. The molecule has 0 aromatic heterocycles. The molecule has 0 spiro atoms. The van der Waals surface area contributed by atoms with Crippen LogP contribution in [0.25, 0.3) is 0 Å². The predicted molar refractivity (Wildman–Crippen MR) is 102 cm³/mol. The van der Waals surface area contributed by atoms with Gasteiger partial charge in [-0.05, 0) is 56.2 Å². The van der Waals surface area contributed by atoms with E-state index in [0.29, 0.717) is 24.5 Å². The Balaban J connectivity index is 1.88. The summed E-state index contributed by atoms with van der Waals surface area (Å²) in [6.45, 7) is 6.28. The molecule has 0 saturated carbocycles. The Bertz CT molecular complexity index is 776. The Morgan fingerprint density at radius 2 is 1.59 bits per heavy atom. The van der Waals surface area contributed by atoms with E-state index in [1.54, 1.807) is 12.1 Å². The summed E-state index contributed by atoms with van der Waals surface area (Å²) >= 11 is 0. The summed E-state index contributed by atoms with van der Waals surface area (Å²) in [7, 11) is 1.31. The minimum absolute atomic E-state index is 0.167. The van der Waals surface area contributed by atoms with Gasteiger partial charge in [0.2, 0.25) is 0 Å². The third kappa shape index (κ3) is 6.02. The highest BCUT2D eigenvalue weighted by Gasteiger charge is 2.13. The van der Waals surface area contributed by atoms with Gasteiger partial charge < -0.3 is 19.5 Å². The molecule has 1 N–H and O–H groups in total. The van der Waals surface area contributed by atoms with Crippen molar-refractivity contribution in [2.24, 2.45) is 0 Å². The predicted octanol–water partition coefficient (Wildman–Crippen LogP) is 2.97. The fourth-order valence-corrected chi connectivity index (χ4v) is 2.57. The first kappa shape index (κ1) is 20.3. The molecule has 0 saturated heterocycles. The summed E-state index contributed by atoms with van der Waals surface area (Å²) in [4.78, 5) is 23.6. The lowest BCUT2D eigenvalue weighted by atomic mass is 10.1. The maximum Gasteiger partial charge on any atom is 0.343 e. The third-order valence-corrected chi connectivity index (χ3v) is 3.96. The van der Waals surface area contributed by atoms with Crippen molar-refractivity contribution in [2.75, 3.05) is 26.9 Å². The quantitative estimate of drug-likeness (QED) is 0.570. The number of amides is 1. The van der Waals surface area contributed by atoms with Crippen LogP contribution in [0.5, 0.6) is 11.5 Å². The minimum atomic E-state index is -0.454. The number of nitrogens with one attached hydrogen (secondary N) is 1.